The average molecular weight is 585 g/mol. The van der Waals surface area contributed by atoms with Gasteiger partial charge in [0.25, 0.3) is 5.01 Å². The van der Waals surface area contributed by atoms with Crippen molar-refractivity contribution in [1.82, 2.24) is 0 Å². The lowest BCUT2D eigenvalue weighted by Crippen LogP contribution is -2.36. The van der Waals surface area contributed by atoms with Crippen LogP contribution in [0.3, 0.4) is 0 Å². The maximum absolute atomic E-state index is 11.2. The first kappa shape index (κ1) is 26.9. The summed E-state index contributed by atoms with van der Waals surface area (Å²) >= 11 is 9.09. The highest BCUT2D eigenvalue weighted by Crippen LogP contribution is 2.47. The smallest absolute Gasteiger partial charge is 0.265 e. The van der Waals surface area contributed by atoms with Gasteiger partial charge in [-0.1, -0.05) is 34.7 Å². The molecule has 0 radical (unpaired) electrons. The maximum atomic E-state index is 11.2. The highest BCUT2D eigenvalue weighted by molar-refractivity contribution is 8.04. The SMILES string of the molecule is N#Cc1ccc2sc(C=C3Sc4ccc(Cl)cc4N3CCCS(=O)(=O)[O-])[n+](CCCS(=O)(=O)[O-])c2c1. The van der Waals surface area contributed by atoms with E-state index in [9.17, 15) is 31.2 Å². The van der Waals surface area contributed by atoms with Crippen LogP contribution in [0.15, 0.2) is 46.3 Å². The number of rotatable bonds is 9. The van der Waals surface area contributed by atoms with E-state index in [0.29, 0.717) is 10.6 Å². The van der Waals surface area contributed by atoms with Gasteiger partial charge in [0.15, 0.2) is 6.54 Å². The third-order valence-corrected chi connectivity index (χ3v) is 9.39. The first-order valence-electron chi connectivity index (χ1n) is 10.6. The van der Waals surface area contributed by atoms with Gasteiger partial charge in [-0.2, -0.15) is 9.83 Å². The van der Waals surface area contributed by atoms with Crippen molar-refractivity contribution in [1.29, 1.82) is 5.26 Å². The number of hydrogen-bond acceptors (Lipinski definition) is 10. The fourth-order valence-electron chi connectivity index (χ4n) is 3.83. The first-order chi connectivity index (χ1) is 16.9. The summed E-state index contributed by atoms with van der Waals surface area (Å²) in [6, 6.07) is 12.7. The maximum Gasteiger partial charge on any atom is 0.265 e. The molecule has 36 heavy (non-hydrogen) atoms. The van der Waals surface area contributed by atoms with E-state index in [4.69, 9.17) is 11.6 Å². The predicted octanol–water partition coefficient (Wildman–Crippen LogP) is 3.50. The molecule has 0 N–H and O–H groups in total. The standard InChI is InChI=1S/C22H20ClN3O6S4/c23-16-4-6-20-18(12-16)26(8-2-10-36(30,31)32)22(34-20)13-21-25(7-1-9-35(27,28)29)17-11-15(14-24)3-5-19(17)33-21/h3-6,11-13H,1-2,7-10H2,(H-,27,28,29,30,31,32)/p-1. The Morgan fingerprint density at radius 2 is 1.78 bits per heavy atom. The molecule has 0 saturated carbocycles. The second-order valence-electron chi connectivity index (χ2n) is 7.97. The lowest BCUT2D eigenvalue weighted by atomic mass is 10.2. The van der Waals surface area contributed by atoms with Gasteiger partial charge >= 0.3 is 0 Å². The van der Waals surface area contributed by atoms with Gasteiger partial charge in [0.1, 0.15) is 4.70 Å². The molecular formula is C22H19ClN3O6S4-. The summed E-state index contributed by atoms with van der Waals surface area (Å²) < 4.78 is 69.6. The van der Waals surface area contributed by atoms with Crippen LogP contribution in [0.25, 0.3) is 16.3 Å². The topological polar surface area (TPSA) is 145 Å². The minimum Gasteiger partial charge on any atom is -0.748 e. The summed E-state index contributed by atoms with van der Waals surface area (Å²) in [5.74, 6) is -1.01. The van der Waals surface area contributed by atoms with Crippen LogP contribution >= 0.6 is 34.7 Å². The number of aryl methyl sites for hydroxylation is 1. The number of hydrogen-bond donors (Lipinski definition) is 0. The fraction of sp³-hybridized carbons (Fsp3) is 0.273. The Morgan fingerprint density at radius 3 is 2.47 bits per heavy atom. The summed E-state index contributed by atoms with van der Waals surface area (Å²) in [7, 11) is -8.74. The summed E-state index contributed by atoms with van der Waals surface area (Å²) in [4.78, 5) is 2.81. The third kappa shape index (κ3) is 6.57. The Bertz CT molecular complexity index is 1610. The molecule has 0 fully saturated rings. The second-order valence-corrected chi connectivity index (χ2v) is 13.6. The first-order valence-corrected chi connectivity index (χ1v) is 15.8. The summed E-state index contributed by atoms with van der Waals surface area (Å²) in [6.45, 7) is 0.513. The number of thioether (sulfide) groups is 1. The van der Waals surface area contributed by atoms with Crippen LogP contribution in [-0.4, -0.2) is 44.0 Å². The van der Waals surface area contributed by atoms with E-state index >= 15 is 0 Å². The van der Waals surface area contributed by atoms with Crippen LogP contribution < -0.4 is 9.47 Å². The van der Waals surface area contributed by atoms with E-state index < -0.39 is 31.7 Å². The highest BCUT2D eigenvalue weighted by atomic mass is 35.5. The number of nitrogens with zero attached hydrogens (tertiary/aromatic N) is 3. The van der Waals surface area contributed by atoms with E-state index in [1.54, 1.807) is 24.3 Å². The van der Waals surface area contributed by atoms with Crippen molar-refractivity contribution in [2.24, 2.45) is 0 Å². The Kier molecular flexibility index (Phi) is 7.96. The number of nitriles is 1. The van der Waals surface area contributed by atoms with Crippen molar-refractivity contribution in [3.63, 3.8) is 0 Å². The Labute approximate surface area is 222 Å². The Hall–Kier alpha value is -2.18. The molecule has 0 unspecified atom stereocenters. The summed E-state index contributed by atoms with van der Waals surface area (Å²) in [6.07, 6.45) is 2.12. The van der Waals surface area contributed by atoms with Crippen LogP contribution in [0.4, 0.5) is 5.69 Å². The predicted molar refractivity (Wildman–Crippen MR) is 138 cm³/mol. The van der Waals surface area contributed by atoms with E-state index in [0.717, 1.165) is 30.8 Å². The molecule has 0 spiro atoms. The van der Waals surface area contributed by atoms with Gasteiger partial charge < -0.3 is 14.0 Å². The zero-order valence-corrected chi connectivity index (χ0v) is 22.6. The molecule has 0 amide bonds. The highest BCUT2D eigenvalue weighted by Gasteiger charge is 2.28. The Morgan fingerprint density at radius 1 is 1.06 bits per heavy atom. The second kappa shape index (κ2) is 10.7. The van der Waals surface area contributed by atoms with Gasteiger partial charge in [0, 0.05) is 40.5 Å². The minimum atomic E-state index is -4.38. The molecule has 0 bridgehead atoms. The molecule has 4 rings (SSSR count). The third-order valence-electron chi connectivity index (χ3n) is 5.35. The molecule has 0 saturated heterocycles. The quantitative estimate of drug-likeness (QED) is 0.272. The summed E-state index contributed by atoms with van der Waals surface area (Å²) in [5.41, 5.74) is 1.98. The number of halogens is 1. The average Bonchev–Trinajstić information content (AvgIpc) is 3.29. The van der Waals surface area contributed by atoms with Gasteiger partial charge in [-0.3, -0.25) is 0 Å². The number of thiazole rings is 1. The number of benzene rings is 2. The van der Waals surface area contributed by atoms with Gasteiger partial charge in [-0.15, -0.1) is 0 Å². The molecule has 1 aromatic heterocycles. The van der Waals surface area contributed by atoms with Crippen molar-refractivity contribution < 1.29 is 30.5 Å². The molecule has 3 aromatic rings. The van der Waals surface area contributed by atoms with Crippen molar-refractivity contribution in [3.05, 3.63) is 57.0 Å². The van der Waals surface area contributed by atoms with Crippen molar-refractivity contribution in [3.8, 4) is 6.07 Å². The number of fused-ring (bicyclic) bond motifs is 2. The molecule has 190 valence electrons. The van der Waals surface area contributed by atoms with Crippen LogP contribution in [-0.2, 0) is 26.8 Å². The van der Waals surface area contributed by atoms with Crippen LogP contribution in [0.2, 0.25) is 5.02 Å². The van der Waals surface area contributed by atoms with Crippen LogP contribution in [0.5, 0.6) is 0 Å². The van der Waals surface area contributed by atoms with Crippen LogP contribution in [0.1, 0.15) is 23.4 Å². The van der Waals surface area contributed by atoms with Crippen molar-refractivity contribution in [2.45, 2.75) is 24.3 Å². The number of anilines is 1. The minimum absolute atomic E-state index is 0.101. The largest absolute Gasteiger partial charge is 0.748 e. The monoisotopic (exact) mass is 584 g/mol. The molecule has 0 aliphatic carbocycles. The van der Waals surface area contributed by atoms with Gasteiger partial charge in [-0.25, -0.2) is 16.8 Å². The molecule has 2 heterocycles. The lowest BCUT2D eigenvalue weighted by Gasteiger charge is -2.20. The molecule has 1 aliphatic rings. The van der Waals surface area contributed by atoms with Gasteiger partial charge in [0.05, 0.1) is 48.7 Å². The van der Waals surface area contributed by atoms with E-state index in [1.807, 2.05) is 27.7 Å². The zero-order valence-electron chi connectivity index (χ0n) is 18.6. The van der Waals surface area contributed by atoms with E-state index in [-0.39, 0.29) is 25.9 Å². The summed E-state index contributed by atoms with van der Waals surface area (Å²) in [5, 5.41) is 11.4. The molecule has 9 nitrogen and oxygen atoms in total. The zero-order chi connectivity index (χ0) is 26.1. The normalized spacial score (nSPS) is 14.9. The molecule has 2 aromatic carbocycles. The molecule has 1 aliphatic heterocycles. The van der Waals surface area contributed by atoms with Gasteiger partial charge in [-0.05, 0) is 36.8 Å². The van der Waals surface area contributed by atoms with Gasteiger partial charge in [0.2, 0.25) is 5.52 Å². The molecule has 0 atom stereocenters. The molecule has 14 heteroatoms. The number of aromatic nitrogens is 1. The Balaban J connectivity index is 1.75. The van der Waals surface area contributed by atoms with Crippen molar-refractivity contribution in [2.75, 3.05) is 23.0 Å². The fourth-order valence-corrected chi connectivity index (χ4v) is 7.24. The lowest BCUT2D eigenvalue weighted by molar-refractivity contribution is -0.668. The van der Waals surface area contributed by atoms with Crippen LogP contribution in [0, 0.1) is 11.3 Å². The van der Waals surface area contributed by atoms with E-state index in [2.05, 4.69) is 6.07 Å². The van der Waals surface area contributed by atoms with Crippen molar-refractivity contribution >= 4 is 76.9 Å². The van der Waals surface area contributed by atoms with E-state index in [1.165, 1.54) is 23.1 Å². The molecular weight excluding hydrogens is 566 g/mol.